The molecule has 5 nitrogen and oxygen atoms in total. The third-order valence-electron chi connectivity index (χ3n) is 5.84. The fraction of sp³-hybridized carbons (Fsp3) is 0.857. The van der Waals surface area contributed by atoms with Crippen molar-refractivity contribution in [2.75, 3.05) is 0 Å². The van der Waals surface area contributed by atoms with Crippen LogP contribution in [0, 0.1) is 23.2 Å². The van der Waals surface area contributed by atoms with E-state index in [1.807, 2.05) is 0 Å². The minimum atomic E-state index is -3.82. The van der Waals surface area contributed by atoms with Gasteiger partial charge in [0.15, 0.2) is 0 Å². The average molecular weight is 330 g/mol. The van der Waals surface area contributed by atoms with Crippen molar-refractivity contribution >= 4 is 19.7 Å². The van der Waals surface area contributed by atoms with Gasteiger partial charge in [0.05, 0.1) is 0 Å². The molecule has 0 atom stereocenters. The van der Waals surface area contributed by atoms with Crippen molar-refractivity contribution in [1.29, 1.82) is 0 Å². The van der Waals surface area contributed by atoms with Gasteiger partial charge in [-0.1, -0.05) is 0 Å². The number of rotatable bonds is 3. The number of aromatic nitrogens is 3. The van der Waals surface area contributed by atoms with Crippen LogP contribution in [0.1, 0.15) is 44.3 Å². The van der Waals surface area contributed by atoms with Crippen LogP contribution in [0.2, 0.25) is 0 Å². The number of nitrogens with zero attached hydrogens (tertiary/aromatic N) is 3. The lowest BCUT2D eigenvalue weighted by Crippen LogP contribution is -2.47. The molecule has 0 aliphatic heterocycles. The fourth-order valence-corrected chi connectivity index (χ4v) is 6.53. The largest absolute Gasteiger partial charge is 0.304 e. The molecule has 0 spiro atoms. The second-order valence-electron chi connectivity index (χ2n) is 7.49. The summed E-state index contributed by atoms with van der Waals surface area (Å²) in [6.45, 7) is 0. The van der Waals surface area contributed by atoms with Crippen molar-refractivity contribution in [3.05, 3.63) is 5.82 Å². The average Bonchev–Trinajstić information content (AvgIpc) is 2.68. The number of halogens is 1. The Labute approximate surface area is 129 Å². The van der Waals surface area contributed by atoms with Gasteiger partial charge in [0.2, 0.25) is 0 Å². The Morgan fingerprint density at radius 3 is 2.10 bits per heavy atom. The molecule has 1 aromatic rings. The summed E-state index contributed by atoms with van der Waals surface area (Å²) in [5.41, 5.74) is 0.322. The maximum Gasteiger partial charge on any atom is 0.296 e. The molecule has 4 bridgehead atoms. The van der Waals surface area contributed by atoms with E-state index in [4.69, 9.17) is 10.7 Å². The lowest BCUT2D eigenvalue weighted by Gasteiger charge is -2.56. The minimum Gasteiger partial charge on any atom is -0.304 e. The summed E-state index contributed by atoms with van der Waals surface area (Å²) in [6, 6.07) is 0. The van der Waals surface area contributed by atoms with Gasteiger partial charge in [-0.25, -0.2) is 8.42 Å². The van der Waals surface area contributed by atoms with E-state index in [-0.39, 0.29) is 5.16 Å². The molecule has 0 N–H and O–H groups in total. The smallest absolute Gasteiger partial charge is 0.296 e. The first-order valence-electron chi connectivity index (χ1n) is 7.68. The van der Waals surface area contributed by atoms with Gasteiger partial charge in [-0.05, 0) is 61.7 Å². The third-order valence-corrected chi connectivity index (χ3v) is 7.05. The first-order valence-corrected chi connectivity index (χ1v) is 9.98. The van der Waals surface area contributed by atoms with Crippen LogP contribution in [-0.4, -0.2) is 23.2 Å². The first-order chi connectivity index (χ1) is 9.85. The zero-order valence-corrected chi connectivity index (χ0v) is 13.7. The van der Waals surface area contributed by atoms with Gasteiger partial charge in [0.1, 0.15) is 5.82 Å². The summed E-state index contributed by atoms with van der Waals surface area (Å²) in [5, 5.41) is 7.75. The summed E-state index contributed by atoms with van der Waals surface area (Å²) < 4.78 is 24.5. The molecule has 0 radical (unpaired) electrons. The van der Waals surface area contributed by atoms with Crippen LogP contribution in [0.25, 0.3) is 0 Å². The molecule has 0 saturated heterocycles. The Morgan fingerprint density at radius 1 is 1.14 bits per heavy atom. The maximum atomic E-state index is 11.5. The highest BCUT2D eigenvalue weighted by Crippen LogP contribution is 2.60. The van der Waals surface area contributed by atoms with Crippen molar-refractivity contribution in [2.24, 2.45) is 30.2 Å². The zero-order chi connectivity index (χ0) is 14.8. The molecule has 0 aromatic carbocycles. The van der Waals surface area contributed by atoms with E-state index >= 15 is 0 Å². The van der Waals surface area contributed by atoms with E-state index in [0.717, 1.165) is 30.0 Å². The summed E-state index contributed by atoms with van der Waals surface area (Å²) in [4.78, 5) is 0. The molecule has 21 heavy (non-hydrogen) atoms. The zero-order valence-electron chi connectivity index (χ0n) is 12.1. The molecule has 116 valence electrons. The van der Waals surface area contributed by atoms with E-state index < -0.39 is 9.05 Å². The molecule has 1 heterocycles. The Balaban J connectivity index is 1.63. The van der Waals surface area contributed by atoms with Crippen molar-refractivity contribution in [3.63, 3.8) is 0 Å². The summed E-state index contributed by atoms with van der Waals surface area (Å²) in [6.07, 6.45) is 8.86. The quantitative estimate of drug-likeness (QED) is 0.799. The first kappa shape index (κ1) is 14.0. The topological polar surface area (TPSA) is 64.8 Å². The van der Waals surface area contributed by atoms with Crippen LogP contribution < -0.4 is 0 Å². The van der Waals surface area contributed by atoms with Crippen LogP contribution in [0.4, 0.5) is 0 Å². The van der Waals surface area contributed by atoms with E-state index in [2.05, 4.69) is 10.2 Å². The Morgan fingerprint density at radius 2 is 1.67 bits per heavy atom. The Kier molecular flexibility index (Phi) is 2.96. The van der Waals surface area contributed by atoms with Crippen LogP contribution >= 0.6 is 10.7 Å². The van der Waals surface area contributed by atoms with E-state index in [1.165, 1.54) is 38.5 Å². The molecule has 1 aromatic heterocycles. The fourth-order valence-electron chi connectivity index (χ4n) is 5.55. The van der Waals surface area contributed by atoms with Gasteiger partial charge >= 0.3 is 0 Å². The van der Waals surface area contributed by atoms with E-state index in [0.29, 0.717) is 5.41 Å². The molecule has 5 rings (SSSR count). The molecule has 0 amide bonds. The molecule has 4 saturated carbocycles. The molecule has 4 aliphatic rings. The van der Waals surface area contributed by atoms with Crippen LogP contribution in [0.3, 0.4) is 0 Å². The van der Waals surface area contributed by atoms with Gasteiger partial charge in [0, 0.05) is 24.2 Å². The summed E-state index contributed by atoms with van der Waals surface area (Å²) in [7, 11) is 3.28. The highest BCUT2D eigenvalue weighted by atomic mass is 35.7. The van der Waals surface area contributed by atoms with Crippen LogP contribution in [0.5, 0.6) is 0 Å². The summed E-state index contributed by atoms with van der Waals surface area (Å²) in [5.74, 6) is 3.39. The van der Waals surface area contributed by atoms with Gasteiger partial charge in [-0.15, -0.1) is 10.2 Å². The number of hydrogen-bond donors (Lipinski definition) is 0. The maximum absolute atomic E-state index is 11.5. The van der Waals surface area contributed by atoms with Crippen molar-refractivity contribution in [3.8, 4) is 0 Å². The Hall–Kier alpha value is -0.620. The second-order valence-corrected chi connectivity index (χ2v) is 9.95. The highest BCUT2D eigenvalue weighted by Gasteiger charge is 2.51. The van der Waals surface area contributed by atoms with Gasteiger partial charge in [0.25, 0.3) is 14.2 Å². The third kappa shape index (κ3) is 2.31. The monoisotopic (exact) mass is 329 g/mol. The Bertz CT molecular complexity index is 647. The lowest BCUT2D eigenvalue weighted by molar-refractivity contribution is -0.0535. The van der Waals surface area contributed by atoms with Crippen molar-refractivity contribution in [2.45, 2.75) is 50.1 Å². The van der Waals surface area contributed by atoms with Crippen molar-refractivity contribution < 1.29 is 8.42 Å². The van der Waals surface area contributed by atoms with Gasteiger partial charge < -0.3 is 4.57 Å². The van der Waals surface area contributed by atoms with Crippen molar-refractivity contribution in [1.82, 2.24) is 14.8 Å². The van der Waals surface area contributed by atoms with Gasteiger partial charge in [-0.3, -0.25) is 0 Å². The normalized spacial score (nSPS) is 38.1. The molecule has 7 heteroatoms. The van der Waals surface area contributed by atoms with Crippen LogP contribution in [-0.2, 0) is 22.5 Å². The highest BCUT2D eigenvalue weighted by molar-refractivity contribution is 8.13. The van der Waals surface area contributed by atoms with E-state index in [9.17, 15) is 8.42 Å². The molecule has 0 unspecified atom stereocenters. The number of hydrogen-bond acceptors (Lipinski definition) is 4. The summed E-state index contributed by atoms with van der Waals surface area (Å²) >= 11 is 0. The second kappa shape index (κ2) is 4.44. The van der Waals surface area contributed by atoms with Gasteiger partial charge in [-0.2, -0.15) is 0 Å². The molecular weight excluding hydrogens is 310 g/mol. The molecular formula is C14H20ClN3O2S. The lowest BCUT2D eigenvalue weighted by atomic mass is 9.49. The molecule has 4 aliphatic carbocycles. The predicted molar refractivity (Wildman–Crippen MR) is 78.4 cm³/mol. The minimum absolute atomic E-state index is 0.135. The van der Waals surface area contributed by atoms with Crippen LogP contribution in [0.15, 0.2) is 5.16 Å². The van der Waals surface area contributed by atoms with E-state index in [1.54, 1.807) is 11.6 Å². The predicted octanol–water partition coefficient (Wildman–Crippen LogP) is 2.50. The molecule has 4 fully saturated rings. The SMILES string of the molecule is Cn1c(CC23CC4CC(CC(C4)C2)C3)nnc1S(=O)(=O)Cl. The standard InChI is InChI=1S/C14H20ClN3O2S/c1-18-12(16-17-13(18)21(15,19)20)8-14-5-9-2-10(6-14)4-11(3-9)7-14/h9-11H,2-8H2,1H3.